The molecule has 3 rings (SSSR count). The summed E-state index contributed by atoms with van der Waals surface area (Å²) in [7, 11) is 0. The molecule has 0 saturated carbocycles. The van der Waals surface area contributed by atoms with E-state index in [1.165, 1.54) is 0 Å². The van der Waals surface area contributed by atoms with Gasteiger partial charge in [0.15, 0.2) is 0 Å². The van der Waals surface area contributed by atoms with Crippen molar-refractivity contribution in [3.8, 4) is 5.75 Å². The summed E-state index contributed by atoms with van der Waals surface area (Å²) in [5.74, 6) is 1.56. The Morgan fingerprint density at radius 1 is 1.11 bits per heavy atom. The molecule has 0 saturated heterocycles. The second-order valence-electron chi connectivity index (χ2n) is 6.88. The Morgan fingerprint density at radius 3 is 2.64 bits per heavy atom. The fourth-order valence-electron chi connectivity index (χ4n) is 3.25. The molecule has 1 aliphatic rings. The van der Waals surface area contributed by atoms with Gasteiger partial charge < -0.3 is 15.0 Å². The lowest BCUT2D eigenvalue weighted by molar-refractivity contribution is -0.125. The molecule has 0 atom stereocenters. The number of thioether (sulfide) groups is 1. The van der Waals surface area contributed by atoms with Crippen molar-refractivity contribution < 1.29 is 14.3 Å². The van der Waals surface area contributed by atoms with E-state index in [1.54, 1.807) is 16.7 Å². The molecule has 0 aromatic heterocycles. The lowest BCUT2D eigenvalue weighted by atomic mass is 10.1. The predicted molar refractivity (Wildman–Crippen MR) is 113 cm³/mol. The van der Waals surface area contributed by atoms with Crippen LogP contribution in [0.15, 0.2) is 47.4 Å². The Labute approximate surface area is 170 Å². The number of hydrogen-bond donors (Lipinski definition) is 1. The molecule has 1 aliphatic heterocycles. The Hall–Kier alpha value is -2.47. The zero-order chi connectivity index (χ0) is 19.9. The molecule has 2 aromatic rings. The minimum absolute atomic E-state index is 0.00520. The maximum atomic E-state index is 12.6. The van der Waals surface area contributed by atoms with Crippen LogP contribution in [0.1, 0.15) is 24.0 Å². The van der Waals surface area contributed by atoms with Gasteiger partial charge >= 0.3 is 0 Å². The maximum absolute atomic E-state index is 12.6. The molecule has 6 heteroatoms. The largest absolute Gasteiger partial charge is 0.492 e. The van der Waals surface area contributed by atoms with Crippen molar-refractivity contribution in [2.24, 2.45) is 0 Å². The first kappa shape index (κ1) is 20.3. The number of anilines is 1. The van der Waals surface area contributed by atoms with Gasteiger partial charge in [-0.1, -0.05) is 18.2 Å². The third-order valence-electron chi connectivity index (χ3n) is 4.48. The van der Waals surface area contributed by atoms with Crippen LogP contribution in [0.25, 0.3) is 0 Å². The molecular weight excluding hydrogens is 372 g/mol. The van der Waals surface area contributed by atoms with Crippen molar-refractivity contribution in [3.05, 3.63) is 53.6 Å². The number of rotatable bonds is 7. The number of carbonyl (C=O) groups excluding carboxylic acids is 2. The Morgan fingerprint density at radius 2 is 1.86 bits per heavy atom. The smallest absolute Gasteiger partial charge is 0.227 e. The third kappa shape index (κ3) is 5.52. The highest BCUT2D eigenvalue weighted by Crippen LogP contribution is 2.34. The van der Waals surface area contributed by atoms with Crippen LogP contribution in [0.3, 0.4) is 0 Å². The number of amides is 2. The zero-order valence-corrected chi connectivity index (χ0v) is 17.2. The molecule has 0 fully saturated rings. The summed E-state index contributed by atoms with van der Waals surface area (Å²) in [5.41, 5.74) is 3.25. The van der Waals surface area contributed by atoms with Crippen LogP contribution in [-0.4, -0.2) is 37.3 Å². The van der Waals surface area contributed by atoms with Gasteiger partial charge in [-0.15, -0.1) is 11.8 Å². The Balaban J connectivity index is 1.39. The van der Waals surface area contributed by atoms with Crippen LogP contribution in [0.4, 0.5) is 5.69 Å². The van der Waals surface area contributed by atoms with Gasteiger partial charge in [-0.2, -0.15) is 0 Å². The van der Waals surface area contributed by atoms with Crippen molar-refractivity contribution in [1.82, 2.24) is 5.32 Å². The summed E-state index contributed by atoms with van der Waals surface area (Å²) in [5, 5.41) is 2.82. The van der Waals surface area contributed by atoms with Crippen LogP contribution in [-0.2, 0) is 9.59 Å². The minimum atomic E-state index is -0.128. The lowest BCUT2D eigenvalue weighted by Crippen LogP contribution is -2.36. The van der Waals surface area contributed by atoms with Crippen molar-refractivity contribution in [2.45, 2.75) is 31.6 Å². The average molecular weight is 399 g/mol. The molecule has 148 valence electrons. The number of aryl methyl sites for hydroxylation is 2. The van der Waals surface area contributed by atoms with Crippen molar-refractivity contribution in [2.75, 3.05) is 30.3 Å². The highest BCUT2D eigenvalue weighted by molar-refractivity contribution is 7.99. The average Bonchev–Trinajstić information content (AvgIpc) is 2.68. The van der Waals surface area contributed by atoms with Crippen molar-refractivity contribution >= 4 is 29.3 Å². The monoisotopic (exact) mass is 398 g/mol. The minimum Gasteiger partial charge on any atom is -0.492 e. The third-order valence-corrected chi connectivity index (χ3v) is 5.53. The molecular formula is C22H26N2O3S. The van der Waals surface area contributed by atoms with Crippen LogP contribution < -0.4 is 15.0 Å². The van der Waals surface area contributed by atoms with Gasteiger partial charge in [-0.3, -0.25) is 9.59 Å². The van der Waals surface area contributed by atoms with E-state index in [1.807, 2.05) is 50.2 Å². The van der Waals surface area contributed by atoms with E-state index in [9.17, 15) is 9.59 Å². The van der Waals surface area contributed by atoms with E-state index in [4.69, 9.17) is 4.74 Å². The normalized spacial score (nSPS) is 13.0. The first-order chi connectivity index (χ1) is 13.5. The molecule has 0 spiro atoms. The van der Waals surface area contributed by atoms with E-state index in [-0.39, 0.29) is 24.7 Å². The van der Waals surface area contributed by atoms with Gasteiger partial charge in [-0.25, -0.2) is 0 Å². The highest BCUT2D eigenvalue weighted by atomic mass is 32.2. The Bertz CT molecular complexity index is 833. The van der Waals surface area contributed by atoms with Crippen LogP contribution in [0.2, 0.25) is 0 Å². The number of fused-ring (bicyclic) bond motifs is 1. The number of nitrogens with zero attached hydrogens (tertiary/aromatic N) is 1. The SMILES string of the molecule is Cc1cc(C)cc(OCCNC(=O)CCC(=O)N2CCSc3ccccc32)c1. The highest BCUT2D eigenvalue weighted by Gasteiger charge is 2.22. The number of benzene rings is 2. The summed E-state index contributed by atoms with van der Waals surface area (Å²) in [4.78, 5) is 27.5. The van der Waals surface area contributed by atoms with Gasteiger partial charge in [0.25, 0.3) is 0 Å². The van der Waals surface area contributed by atoms with E-state index in [0.717, 1.165) is 33.2 Å². The standard InChI is InChI=1S/C22H26N2O3S/c1-16-13-17(2)15-18(14-16)27-11-9-23-21(25)7-8-22(26)24-10-12-28-20-6-4-3-5-19(20)24/h3-6,13-15H,7-12H2,1-2H3,(H,23,25). The Kier molecular flexibility index (Phi) is 6.98. The van der Waals surface area contributed by atoms with E-state index < -0.39 is 0 Å². The first-order valence-electron chi connectivity index (χ1n) is 9.53. The predicted octanol–water partition coefficient (Wildman–Crippen LogP) is 3.72. The summed E-state index contributed by atoms with van der Waals surface area (Å²) < 4.78 is 5.69. The maximum Gasteiger partial charge on any atom is 0.227 e. The molecule has 2 amide bonds. The van der Waals surface area contributed by atoms with Crippen molar-refractivity contribution in [3.63, 3.8) is 0 Å². The molecule has 0 radical (unpaired) electrons. The molecule has 0 bridgehead atoms. The van der Waals surface area contributed by atoms with Gasteiger partial charge in [0.1, 0.15) is 12.4 Å². The second kappa shape index (κ2) is 9.64. The zero-order valence-electron chi connectivity index (χ0n) is 16.4. The number of ether oxygens (including phenoxy) is 1. The fraction of sp³-hybridized carbons (Fsp3) is 0.364. The van der Waals surface area contributed by atoms with E-state index >= 15 is 0 Å². The van der Waals surface area contributed by atoms with Gasteiger partial charge in [0, 0.05) is 30.0 Å². The number of para-hydroxylation sites is 1. The van der Waals surface area contributed by atoms with Gasteiger partial charge in [0.05, 0.1) is 12.2 Å². The van der Waals surface area contributed by atoms with Crippen LogP contribution in [0, 0.1) is 13.8 Å². The molecule has 28 heavy (non-hydrogen) atoms. The molecule has 1 heterocycles. The topological polar surface area (TPSA) is 58.6 Å². The summed E-state index contributed by atoms with van der Waals surface area (Å²) >= 11 is 1.76. The fourth-order valence-corrected chi connectivity index (χ4v) is 4.24. The summed E-state index contributed by atoms with van der Waals surface area (Å²) in [6.45, 7) is 5.56. The first-order valence-corrected chi connectivity index (χ1v) is 10.5. The molecule has 2 aromatic carbocycles. The number of hydrogen-bond acceptors (Lipinski definition) is 4. The molecule has 0 aliphatic carbocycles. The second-order valence-corrected chi connectivity index (χ2v) is 8.02. The molecule has 5 nitrogen and oxygen atoms in total. The molecule has 0 unspecified atom stereocenters. The van der Waals surface area contributed by atoms with E-state index in [0.29, 0.717) is 19.7 Å². The summed E-state index contributed by atoms with van der Waals surface area (Å²) in [6.07, 6.45) is 0.400. The van der Waals surface area contributed by atoms with Crippen LogP contribution in [0.5, 0.6) is 5.75 Å². The van der Waals surface area contributed by atoms with E-state index in [2.05, 4.69) is 11.4 Å². The number of carbonyl (C=O) groups is 2. The quantitative estimate of drug-likeness (QED) is 0.722. The van der Waals surface area contributed by atoms with Crippen LogP contribution >= 0.6 is 11.8 Å². The van der Waals surface area contributed by atoms with Crippen molar-refractivity contribution in [1.29, 1.82) is 0 Å². The lowest BCUT2D eigenvalue weighted by Gasteiger charge is -2.29. The number of nitrogens with one attached hydrogen (secondary N) is 1. The van der Waals surface area contributed by atoms with Gasteiger partial charge in [-0.05, 0) is 49.2 Å². The summed E-state index contributed by atoms with van der Waals surface area (Å²) in [6, 6.07) is 13.9. The molecule has 1 N–H and O–H groups in total. The van der Waals surface area contributed by atoms with Gasteiger partial charge in [0.2, 0.25) is 11.8 Å².